The number of nitrogens with zero attached hydrogens (tertiary/aromatic N) is 1. The van der Waals surface area contributed by atoms with Crippen molar-refractivity contribution in [3.05, 3.63) is 0 Å². The van der Waals surface area contributed by atoms with Crippen LogP contribution in [0.4, 0.5) is 0 Å². The second-order valence-corrected chi connectivity index (χ2v) is 7.39. The number of amides is 3. The normalized spacial score (nSPS) is 20.4. The van der Waals surface area contributed by atoms with Crippen molar-refractivity contribution in [2.45, 2.75) is 76.2 Å². The molecule has 29 heavy (non-hydrogen) atoms. The lowest BCUT2D eigenvalue weighted by atomic mass is 10.1. The minimum atomic E-state index is -1.35. The van der Waals surface area contributed by atoms with Crippen molar-refractivity contribution < 1.29 is 29.4 Å². The van der Waals surface area contributed by atoms with E-state index in [4.69, 9.17) is 11.5 Å². The lowest BCUT2D eigenvalue weighted by molar-refractivity contribution is -0.144. The molecule has 1 heterocycles. The number of carbonyl (C=O) groups excluding carboxylic acids is 3. The van der Waals surface area contributed by atoms with Crippen LogP contribution in [0.1, 0.15) is 46.0 Å². The van der Waals surface area contributed by atoms with Gasteiger partial charge >= 0.3 is 5.97 Å². The average molecular weight is 415 g/mol. The first-order valence-electron chi connectivity index (χ1n) is 9.87. The summed E-state index contributed by atoms with van der Waals surface area (Å²) in [7, 11) is 0. The van der Waals surface area contributed by atoms with Gasteiger partial charge in [0.25, 0.3) is 0 Å². The highest BCUT2D eigenvalue weighted by Gasteiger charge is 2.38. The number of unbranched alkanes of at least 4 members (excludes halogenated alkanes) is 1. The molecule has 166 valence electrons. The number of hydrogen-bond donors (Lipinski definition) is 6. The highest BCUT2D eigenvalue weighted by atomic mass is 16.4. The van der Waals surface area contributed by atoms with E-state index in [0.717, 1.165) is 0 Å². The third-order valence-corrected chi connectivity index (χ3v) is 4.85. The standard InChI is InChI=1S/C18H33N5O6/c1-10(20)17(27)23-9-5-7-13(23)15(25)22-14(11(2)24)16(26)21-12(18(28)29)6-3-4-8-19/h10-14,24H,3-9,19-20H2,1-2H3,(H,21,26)(H,22,25)(H,28,29). The monoisotopic (exact) mass is 415 g/mol. The molecule has 1 aliphatic heterocycles. The summed E-state index contributed by atoms with van der Waals surface area (Å²) < 4.78 is 0. The molecule has 3 amide bonds. The summed E-state index contributed by atoms with van der Waals surface area (Å²) in [5.74, 6) is -2.98. The van der Waals surface area contributed by atoms with Gasteiger partial charge in [0.2, 0.25) is 17.7 Å². The maximum absolute atomic E-state index is 12.7. The van der Waals surface area contributed by atoms with Crippen LogP contribution in [0.2, 0.25) is 0 Å². The van der Waals surface area contributed by atoms with Crippen molar-refractivity contribution in [2.75, 3.05) is 13.1 Å². The third-order valence-electron chi connectivity index (χ3n) is 4.85. The van der Waals surface area contributed by atoms with E-state index in [1.165, 1.54) is 18.7 Å². The Bertz CT molecular complexity index is 597. The first-order chi connectivity index (χ1) is 13.6. The van der Waals surface area contributed by atoms with Crippen molar-refractivity contribution in [2.24, 2.45) is 11.5 Å². The molecule has 11 nitrogen and oxygen atoms in total. The quantitative estimate of drug-likeness (QED) is 0.207. The molecule has 0 bridgehead atoms. The van der Waals surface area contributed by atoms with Crippen LogP contribution in [0.5, 0.6) is 0 Å². The zero-order chi connectivity index (χ0) is 22.1. The fraction of sp³-hybridized carbons (Fsp3) is 0.778. The van der Waals surface area contributed by atoms with Crippen molar-refractivity contribution >= 4 is 23.7 Å². The number of nitrogens with one attached hydrogen (secondary N) is 2. The first-order valence-corrected chi connectivity index (χ1v) is 9.87. The highest BCUT2D eigenvalue weighted by Crippen LogP contribution is 2.18. The molecule has 0 aromatic rings. The van der Waals surface area contributed by atoms with Crippen molar-refractivity contribution in [3.63, 3.8) is 0 Å². The molecule has 1 saturated heterocycles. The van der Waals surface area contributed by atoms with Gasteiger partial charge in [-0.1, -0.05) is 0 Å². The Morgan fingerprint density at radius 1 is 1.17 bits per heavy atom. The largest absolute Gasteiger partial charge is 0.480 e. The molecule has 0 aliphatic carbocycles. The summed E-state index contributed by atoms with van der Waals surface area (Å²) in [5, 5.41) is 24.1. The van der Waals surface area contributed by atoms with Crippen LogP contribution in [0.25, 0.3) is 0 Å². The Morgan fingerprint density at radius 2 is 1.83 bits per heavy atom. The zero-order valence-corrected chi connectivity index (χ0v) is 17.0. The van der Waals surface area contributed by atoms with E-state index in [-0.39, 0.29) is 12.3 Å². The van der Waals surface area contributed by atoms with Gasteiger partial charge in [0.15, 0.2) is 0 Å². The number of nitrogens with two attached hydrogens (primary N) is 2. The predicted molar refractivity (Wildman–Crippen MR) is 104 cm³/mol. The van der Waals surface area contributed by atoms with E-state index in [1.807, 2.05) is 0 Å². The molecule has 8 N–H and O–H groups in total. The molecule has 0 aromatic heterocycles. The van der Waals surface area contributed by atoms with Gasteiger partial charge in [0.05, 0.1) is 12.1 Å². The van der Waals surface area contributed by atoms with Gasteiger partial charge in [0, 0.05) is 6.54 Å². The Morgan fingerprint density at radius 3 is 2.34 bits per heavy atom. The fourth-order valence-electron chi connectivity index (χ4n) is 3.23. The van der Waals surface area contributed by atoms with Gasteiger partial charge < -0.3 is 37.2 Å². The van der Waals surface area contributed by atoms with Gasteiger partial charge in [-0.15, -0.1) is 0 Å². The summed E-state index contributed by atoms with van der Waals surface area (Å²) in [6.07, 6.45) is 1.06. The molecule has 0 saturated carbocycles. The average Bonchev–Trinajstić information content (AvgIpc) is 3.13. The van der Waals surface area contributed by atoms with Gasteiger partial charge in [-0.3, -0.25) is 14.4 Å². The lowest BCUT2D eigenvalue weighted by Gasteiger charge is -2.28. The molecule has 1 fully saturated rings. The lowest BCUT2D eigenvalue weighted by Crippen LogP contribution is -2.59. The number of aliphatic carboxylic acids is 1. The number of carboxylic acids is 1. The van der Waals surface area contributed by atoms with E-state index in [1.54, 1.807) is 0 Å². The number of carboxylic acid groups (broad SMARTS) is 1. The Kier molecular flexibility index (Phi) is 9.99. The molecular formula is C18H33N5O6. The van der Waals surface area contributed by atoms with Crippen LogP contribution in [0.3, 0.4) is 0 Å². The van der Waals surface area contributed by atoms with Crippen LogP contribution in [-0.4, -0.2) is 82.2 Å². The Balaban J connectivity index is 2.80. The second kappa shape index (κ2) is 11.7. The molecule has 11 heteroatoms. The Labute approximate surface area is 170 Å². The summed E-state index contributed by atoms with van der Waals surface area (Å²) in [5.41, 5.74) is 11.0. The number of hydrogen-bond acceptors (Lipinski definition) is 7. The fourth-order valence-corrected chi connectivity index (χ4v) is 3.23. The highest BCUT2D eigenvalue weighted by molar-refractivity contribution is 5.94. The molecule has 0 spiro atoms. The van der Waals surface area contributed by atoms with E-state index in [2.05, 4.69) is 10.6 Å². The molecule has 5 unspecified atom stereocenters. The minimum absolute atomic E-state index is 0.179. The number of aliphatic hydroxyl groups excluding tert-OH is 1. The smallest absolute Gasteiger partial charge is 0.326 e. The van der Waals surface area contributed by atoms with E-state index in [0.29, 0.717) is 38.8 Å². The van der Waals surface area contributed by atoms with E-state index in [9.17, 15) is 29.4 Å². The van der Waals surface area contributed by atoms with Crippen LogP contribution >= 0.6 is 0 Å². The first kappa shape index (κ1) is 24.8. The predicted octanol–water partition coefficient (Wildman–Crippen LogP) is -2.11. The number of aliphatic hydroxyl groups is 1. The summed E-state index contributed by atoms with van der Waals surface area (Å²) in [6.45, 7) is 3.63. The summed E-state index contributed by atoms with van der Waals surface area (Å²) >= 11 is 0. The molecule has 1 aliphatic rings. The van der Waals surface area contributed by atoms with E-state index < -0.39 is 48.1 Å². The molecular weight excluding hydrogens is 382 g/mol. The van der Waals surface area contributed by atoms with Crippen molar-refractivity contribution in [1.29, 1.82) is 0 Å². The van der Waals surface area contributed by atoms with E-state index >= 15 is 0 Å². The second-order valence-electron chi connectivity index (χ2n) is 7.39. The van der Waals surface area contributed by atoms with Gasteiger partial charge in [-0.25, -0.2) is 4.79 Å². The van der Waals surface area contributed by atoms with Crippen molar-refractivity contribution in [1.82, 2.24) is 15.5 Å². The molecule has 5 atom stereocenters. The van der Waals surface area contributed by atoms with Gasteiger partial charge in [-0.05, 0) is 52.5 Å². The maximum atomic E-state index is 12.7. The van der Waals surface area contributed by atoms with Crippen LogP contribution in [0.15, 0.2) is 0 Å². The van der Waals surface area contributed by atoms with Crippen molar-refractivity contribution in [3.8, 4) is 0 Å². The summed E-state index contributed by atoms with van der Waals surface area (Å²) in [6, 6.07) is -4.06. The Hall–Kier alpha value is -2.24. The summed E-state index contributed by atoms with van der Waals surface area (Å²) in [4.78, 5) is 50.1. The molecule has 0 aromatic carbocycles. The minimum Gasteiger partial charge on any atom is -0.480 e. The zero-order valence-electron chi connectivity index (χ0n) is 17.0. The molecule has 0 radical (unpaired) electrons. The van der Waals surface area contributed by atoms with Crippen LogP contribution < -0.4 is 22.1 Å². The topological polar surface area (TPSA) is 188 Å². The number of likely N-dealkylation sites (tertiary alicyclic amines) is 1. The molecule has 1 rings (SSSR count). The number of rotatable bonds is 11. The SMILES string of the molecule is CC(N)C(=O)N1CCCC1C(=O)NC(C(=O)NC(CCCCN)C(=O)O)C(C)O. The maximum Gasteiger partial charge on any atom is 0.326 e. The van der Waals surface area contributed by atoms with Gasteiger partial charge in [-0.2, -0.15) is 0 Å². The van der Waals surface area contributed by atoms with Gasteiger partial charge in [0.1, 0.15) is 18.1 Å². The van der Waals surface area contributed by atoms with Crippen LogP contribution in [0, 0.1) is 0 Å². The van der Waals surface area contributed by atoms with Crippen LogP contribution in [-0.2, 0) is 19.2 Å². The number of carbonyl (C=O) groups is 4. The third kappa shape index (κ3) is 7.26.